The van der Waals surface area contributed by atoms with Crippen molar-refractivity contribution >= 4 is 35.8 Å². The molecule has 0 saturated heterocycles. The summed E-state index contributed by atoms with van der Waals surface area (Å²) in [5.41, 5.74) is 10.5. The van der Waals surface area contributed by atoms with Crippen LogP contribution >= 0.6 is 24.0 Å². The smallest absolute Gasteiger partial charge is 0.248 e. The van der Waals surface area contributed by atoms with Gasteiger partial charge in [0.1, 0.15) is 0 Å². The number of nitrogens with zero attached hydrogens (tertiary/aromatic N) is 1. The van der Waals surface area contributed by atoms with E-state index in [2.05, 4.69) is 47.7 Å². The zero-order valence-corrected chi connectivity index (χ0v) is 17.8. The molecule has 2 aromatic rings. The van der Waals surface area contributed by atoms with E-state index in [-0.39, 0.29) is 24.0 Å². The Morgan fingerprint density at radius 1 is 1.12 bits per heavy atom. The van der Waals surface area contributed by atoms with Crippen LogP contribution in [0, 0.1) is 13.8 Å². The maximum Gasteiger partial charge on any atom is 0.248 e. The van der Waals surface area contributed by atoms with Gasteiger partial charge in [0.25, 0.3) is 0 Å². The lowest BCUT2D eigenvalue weighted by Gasteiger charge is -2.13. The summed E-state index contributed by atoms with van der Waals surface area (Å²) < 4.78 is 0. The summed E-state index contributed by atoms with van der Waals surface area (Å²) in [6.45, 7) is 8.20. The number of halogens is 1. The normalized spacial score (nSPS) is 10.8. The molecule has 0 saturated carbocycles. The lowest BCUT2D eigenvalue weighted by atomic mass is 10.1. The third kappa shape index (κ3) is 6.67. The van der Waals surface area contributed by atoms with Crippen LogP contribution in [-0.2, 0) is 13.1 Å². The summed E-state index contributed by atoms with van der Waals surface area (Å²) in [4.78, 5) is 15.9. The number of nitrogens with one attached hydrogen (secondary N) is 2. The summed E-state index contributed by atoms with van der Waals surface area (Å²) >= 11 is 0. The molecule has 5 nitrogen and oxygen atoms in total. The van der Waals surface area contributed by atoms with Crippen molar-refractivity contribution in [1.82, 2.24) is 10.6 Å². The number of carbonyl (C=O) groups excluding carboxylic acids is 1. The Kier molecular flexibility index (Phi) is 9.12. The Morgan fingerprint density at radius 3 is 2.54 bits per heavy atom. The maximum absolute atomic E-state index is 11.3. The van der Waals surface area contributed by atoms with Gasteiger partial charge in [0.2, 0.25) is 5.91 Å². The number of hydrogen-bond acceptors (Lipinski definition) is 2. The van der Waals surface area contributed by atoms with Crippen LogP contribution in [0.3, 0.4) is 0 Å². The minimum atomic E-state index is -0.425. The molecule has 2 aromatic carbocycles. The number of rotatable bonds is 6. The number of amides is 1. The number of aryl methyl sites for hydroxylation is 2. The second-order valence-electron chi connectivity index (χ2n) is 6.04. The van der Waals surface area contributed by atoms with Gasteiger partial charge < -0.3 is 16.4 Å². The van der Waals surface area contributed by atoms with Crippen molar-refractivity contribution in [2.75, 3.05) is 6.54 Å². The zero-order chi connectivity index (χ0) is 18.2. The molecule has 0 aliphatic heterocycles. The van der Waals surface area contributed by atoms with Crippen LogP contribution in [0.1, 0.15) is 39.5 Å². The molecule has 6 heteroatoms. The number of aliphatic imine (C=N–C) groups is 1. The average molecular weight is 466 g/mol. The maximum atomic E-state index is 11.3. The molecule has 4 N–H and O–H groups in total. The minimum Gasteiger partial charge on any atom is -0.366 e. The average Bonchev–Trinajstić information content (AvgIpc) is 2.59. The summed E-state index contributed by atoms with van der Waals surface area (Å²) in [7, 11) is 0. The number of carbonyl (C=O) groups is 1. The van der Waals surface area contributed by atoms with E-state index in [9.17, 15) is 4.79 Å². The van der Waals surface area contributed by atoms with E-state index >= 15 is 0 Å². The Labute approximate surface area is 172 Å². The SMILES string of the molecule is CCNC(=NCc1cccc(C(N)=O)c1)NCc1ccc(C)cc1C.I. The van der Waals surface area contributed by atoms with Crippen molar-refractivity contribution < 1.29 is 4.79 Å². The molecule has 0 bridgehead atoms. The predicted molar refractivity (Wildman–Crippen MR) is 118 cm³/mol. The van der Waals surface area contributed by atoms with E-state index < -0.39 is 5.91 Å². The van der Waals surface area contributed by atoms with Crippen LogP contribution in [0.5, 0.6) is 0 Å². The number of guanidine groups is 1. The third-order valence-electron chi connectivity index (χ3n) is 3.92. The lowest BCUT2D eigenvalue weighted by molar-refractivity contribution is 0.1000. The van der Waals surface area contributed by atoms with Gasteiger partial charge in [-0.3, -0.25) is 4.79 Å². The number of primary amides is 1. The van der Waals surface area contributed by atoms with E-state index in [0.29, 0.717) is 18.7 Å². The highest BCUT2D eigenvalue weighted by molar-refractivity contribution is 14.0. The van der Waals surface area contributed by atoms with Gasteiger partial charge in [-0.15, -0.1) is 24.0 Å². The molecule has 0 heterocycles. The topological polar surface area (TPSA) is 79.5 Å². The molecule has 2 rings (SSSR count). The van der Waals surface area contributed by atoms with Gasteiger partial charge in [-0.25, -0.2) is 4.99 Å². The fraction of sp³-hybridized carbons (Fsp3) is 0.300. The zero-order valence-electron chi connectivity index (χ0n) is 15.5. The monoisotopic (exact) mass is 466 g/mol. The number of hydrogen-bond donors (Lipinski definition) is 3. The lowest BCUT2D eigenvalue weighted by Crippen LogP contribution is -2.36. The highest BCUT2D eigenvalue weighted by Crippen LogP contribution is 2.10. The molecule has 0 spiro atoms. The molecule has 0 unspecified atom stereocenters. The summed E-state index contributed by atoms with van der Waals surface area (Å²) in [5, 5.41) is 6.59. The van der Waals surface area contributed by atoms with Gasteiger partial charge in [0, 0.05) is 18.7 Å². The first-order chi connectivity index (χ1) is 12.0. The van der Waals surface area contributed by atoms with Crippen molar-refractivity contribution in [1.29, 1.82) is 0 Å². The van der Waals surface area contributed by atoms with Crippen LogP contribution in [-0.4, -0.2) is 18.4 Å². The summed E-state index contributed by atoms with van der Waals surface area (Å²) in [5.74, 6) is 0.317. The fourth-order valence-electron chi connectivity index (χ4n) is 2.56. The van der Waals surface area contributed by atoms with E-state index in [1.54, 1.807) is 12.1 Å². The first-order valence-corrected chi connectivity index (χ1v) is 8.46. The highest BCUT2D eigenvalue weighted by atomic mass is 127. The van der Waals surface area contributed by atoms with Crippen LogP contribution in [0.15, 0.2) is 47.5 Å². The molecular weight excluding hydrogens is 439 g/mol. The van der Waals surface area contributed by atoms with Crippen molar-refractivity contribution in [2.24, 2.45) is 10.7 Å². The van der Waals surface area contributed by atoms with Gasteiger partial charge in [0.05, 0.1) is 6.54 Å². The molecule has 140 valence electrons. The Hall–Kier alpha value is -2.09. The van der Waals surface area contributed by atoms with E-state index in [0.717, 1.165) is 18.1 Å². The molecule has 0 aliphatic rings. The number of nitrogens with two attached hydrogens (primary N) is 1. The summed E-state index contributed by atoms with van der Waals surface area (Å²) in [6.07, 6.45) is 0. The van der Waals surface area contributed by atoms with Crippen LogP contribution in [0.25, 0.3) is 0 Å². The van der Waals surface area contributed by atoms with E-state index in [4.69, 9.17) is 5.73 Å². The van der Waals surface area contributed by atoms with Crippen molar-refractivity contribution in [2.45, 2.75) is 33.9 Å². The Morgan fingerprint density at radius 2 is 1.88 bits per heavy atom. The van der Waals surface area contributed by atoms with Crippen molar-refractivity contribution in [3.63, 3.8) is 0 Å². The predicted octanol–water partition coefficient (Wildman–Crippen LogP) is 3.28. The second kappa shape index (κ2) is 10.8. The van der Waals surface area contributed by atoms with Gasteiger partial charge in [0.15, 0.2) is 5.96 Å². The van der Waals surface area contributed by atoms with Crippen LogP contribution in [0.4, 0.5) is 0 Å². The van der Waals surface area contributed by atoms with E-state index in [1.165, 1.54) is 16.7 Å². The molecule has 0 aliphatic carbocycles. The van der Waals surface area contributed by atoms with E-state index in [1.807, 2.05) is 19.1 Å². The van der Waals surface area contributed by atoms with Crippen LogP contribution < -0.4 is 16.4 Å². The van der Waals surface area contributed by atoms with Gasteiger partial charge in [-0.05, 0) is 49.6 Å². The van der Waals surface area contributed by atoms with Gasteiger partial charge in [-0.2, -0.15) is 0 Å². The molecule has 0 aromatic heterocycles. The summed E-state index contributed by atoms with van der Waals surface area (Å²) in [6, 6.07) is 13.7. The fourth-order valence-corrected chi connectivity index (χ4v) is 2.56. The Balaban J connectivity index is 0.00000338. The first kappa shape index (κ1) is 22.0. The second-order valence-corrected chi connectivity index (χ2v) is 6.04. The van der Waals surface area contributed by atoms with Crippen molar-refractivity contribution in [3.8, 4) is 0 Å². The molecule has 26 heavy (non-hydrogen) atoms. The largest absolute Gasteiger partial charge is 0.366 e. The molecule has 0 atom stereocenters. The molecule has 1 amide bonds. The first-order valence-electron chi connectivity index (χ1n) is 8.46. The van der Waals surface area contributed by atoms with Gasteiger partial charge >= 0.3 is 0 Å². The van der Waals surface area contributed by atoms with Crippen LogP contribution in [0.2, 0.25) is 0 Å². The molecule has 0 fully saturated rings. The van der Waals surface area contributed by atoms with Gasteiger partial charge in [-0.1, -0.05) is 35.9 Å². The minimum absolute atomic E-state index is 0. The molecule has 0 radical (unpaired) electrons. The molecular formula is C20H27IN4O. The standard InChI is InChI=1S/C20H26N4O.HI/c1-4-22-20(24-13-18-9-8-14(2)10-15(18)3)23-12-16-6-5-7-17(11-16)19(21)25;/h5-11H,4,12-13H2,1-3H3,(H2,21,25)(H2,22,23,24);1H. The Bertz CT molecular complexity index is 774. The van der Waals surface area contributed by atoms with Crippen molar-refractivity contribution in [3.05, 3.63) is 70.3 Å². The third-order valence-corrected chi connectivity index (χ3v) is 3.92. The highest BCUT2D eigenvalue weighted by Gasteiger charge is 2.03. The quantitative estimate of drug-likeness (QED) is 0.348. The number of benzene rings is 2.